The van der Waals surface area contributed by atoms with E-state index in [1.54, 1.807) is 45.9 Å². The summed E-state index contributed by atoms with van der Waals surface area (Å²) in [7, 11) is 0. The number of imidazole rings is 1. The Bertz CT molecular complexity index is 1190. The topological polar surface area (TPSA) is 64.7 Å². The van der Waals surface area contributed by atoms with Crippen molar-refractivity contribution in [3.8, 4) is 11.4 Å². The van der Waals surface area contributed by atoms with Gasteiger partial charge in [0.15, 0.2) is 0 Å². The molecule has 0 fully saturated rings. The van der Waals surface area contributed by atoms with Gasteiger partial charge in [-0.15, -0.1) is 0 Å². The molecule has 0 saturated carbocycles. The number of rotatable bonds is 6. The zero-order valence-corrected chi connectivity index (χ0v) is 17.0. The summed E-state index contributed by atoms with van der Waals surface area (Å²) in [6.45, 7) is 2.16. The van der Waals surface area contributed by atoms with E-state index in [1.807, 2.05) is 19.1 Å². The molecule has 1 N–H and O–H groups in total. The standard InChI is InChI=1S/C22H19ClFN5O/c1-2-20-18(13-27-29(20)17-5-3-4-16(23)11-17)22(30)26-12-15-6-7-21(19(24)10-15)28-9-8-25-14-28/h3-11,13-14H,2,12H2,1H3,(H,26,30). The molecule has 2 aromatic carbocycles. The van der Waals surface area contributed by atoms with Gasteiger partial charge in [-0.05, 0) is 42.3 Å². The van der Waals surface area contributed by atoms with Crippen molar-refractivity contribution >= 4 is 17.5 Å². The van der Waals surface area contributed by atoms with Crippen LogP contribution >= 0.6 is 11.6 Å². The largest absolute Gasteiger partial charge is 0.348 e. The summed E-state index contributed by atoms with van der Waals surface area (Å²) in [6, 6.07) is 12.1. The van der Waals surface area contributed by atoms with Crippen molar-refractivity contribution in [1.29, 1.82) is 0 Å². The number of halogens is 2. The molecule has 0 spiro atoms. The van der Waals surface area contributed by atoms with Crippen LogP contribution < -0.4 is 5.32 Å². The minimum absolute atomic E-state index is 0.200. The molecular weight excluding hydrogens is 405 g/mol. The number of carbonyl (C=O) groups is 1. The van der Waals surface area contributed by atoms with E-state index in [-0.39, 0.29) is 18.3 Å². The average molecular weight is 424 g/mol. The van der Waals surface area contributed by atoms with Gasteiger partial charge in [-0.2, -0.15) is 5.10 Å². The highest BCUT2D eigenvalue weighted by atomic mass is 35.5. The fourth-order valence-corrected chi connectivity index (χ4v) is 3.47. The van der Waals surface area contributed by atoms with Crippen molar-refractivity contribution in [1.82, 2.24) is 24.6 Å². The van der Waals surface area contributed by atoms with Gasteiger partial charge >= 0.3 is 0 Å². The molecule has 0 aliphatic heterocycles. The summed E-state index contributed by atoms with van der Waals surface area (Å²) < 4.78 is 17.7. The van der Waals surface area contributed by atoms with Gasteiger partial charge in [0.1, 0.15) is 5.82 Å². The lowest BCUT2D eigenvalue weighted by molar-refractivity contribution is 0.0950. The number of hydrogen-bond donors (Lipinski definition) is 1. The summed E-state index contributed by atoms with van der Waals surface area (Å²) in [5, 5.41) is 7.80. The first-order chi connectivity index (χ1) is 14.6. The smallest absolute Gasteiger partial charge is 0.255 e. The molecule has 30 heavy (non-hydrogen) atoms. The zero-order chi connectivity index (χ0) is 21.1. The Morgan fingerprint density at radius 2 is 2.10 bits per heavy atom. The van der Waals surface area contributed by atoms with Crippen molar-refractivity contribution in [3.63, 3.8) is 0 Å². The predicted molar refractivity (Wildman–Crippen MR) is 113 cm³/mol. The Hall–Kier alpha value is -3.45. The van der Waals surface area contributed by atoms with Crippen LogP contribution in [0.2, 0.25) is 5.02 Å². The van der Waals surface area contributed by atoms with Crippen molar-refractivity contribution in [2.75, 3.05) is 0 Å². The van der Waals surface area contributed by atoms with E-state index in [0.717, 1.165) is 11.4 Å². The van der Waals surface area contributed by atoms with E-state index in [1.165, 1.54) is 18.6 Å². The van der Waals surface area contributed by atoms with Crippen molar-refractivity contribution in [3.05, 3.63) is 95.0 Å². The number of benzene rings is 2. The molecule has 2 aromatic heterocycles. The van der Waals surface area contributed by atoms with E-state index >= 15 is 0 Å². The fourth-order valence-electron chi connectivity index (χ4n) is 3.28. The monoisotopic (exact) mass is 423 g/mol. The number of carbonyl (C=O) groups excluding carboxylic acids is 1. The van der Waals surface area contributed by atoms with Crippen LogP contribution in [0, 0.1) is 5.82 Å². The summed E-state index contributed by atoms with van der Waals surface area (Å²) in [5.41, 5.74) is 3.10. The van der Waals surface area contributed by atoms with Gasteiger partial charge < -0.3 is 9.88 Å². The molecule has 8 heteroatoms. The first kappa shape index (κ1) is 19.8. The Balaban J connectivity index is 1.50. The molecule has 152 valence electrons. The van der Waals surface area contributed by atoms with Gasteiger partial charge in [0.2, 0.25) is 0 Å². The fraction of sp³-hybridized carbons (Fsp3) is 0.136. The van der Waals surface area contributed by atoms with Crippen molar-refractivity contribution < 1.29 is 9.18 Å². The molecule has 0 atom stereocenters. The summed E-state index contributed by atoms with van der Waals surface area (Å²) in [5.74, 6) is -0.651. The van der Waals surface area contributed by atoms with Gasteiger partial charge in [-0.1, -0.05) is 30.7 Å². The van der Waals surface area contributed by atoms with Crippen LogP contribution in [0.4, 0.5) is 4.39 Å². The molecule has 0 bridgehead atoms. The predicted octanol–water partition coefficient (Wildman–Crippen LogP) is 4.34. The van der Waals surface area contributed by atoms with Gasteiger partial charge in [-0.3, -0.25) is 4.79 Å². The quantitative estimate of drug-likeness (QED) is 0.501. The molecule has 6 nitrogen and oxygen atoms in total. The second-order valence-corrected chi connectivity index (χ2v) is 7.12. The normalized spacial score (nSPS) is 10.9. The number of amides is 1. The second kappa shape index (κ2) is 8.51. The SMILES string of the molecule is CCc1c(C(=O)NCc2ccc(-n3ccnc3)c(F)c2)cnn1-c1cccc(Cl)c1. The van der Waals surface area contributed by atoms with E-state index in [0.29, 0.717) is 28.3 Å². The maximum atomic E-state index is 14.4. The van der Waals surface area contributed by atoms with Crippen molar-refractivity contribution in [2.24, 2.45) is 0 Å². The lowest BCUT2D eigenvalue weighted by Gasteiger charge is -2.10. The van der Waals surface area contributed by atoms with Crippen molar-refractivity contribution in [2.45, 2.75) is 19.9 Å². The van der Waals surface area contributed by atoms with E-state index in [9.17, 15) is 9.18 Å². The first-order valence-electron chi connectivity index (χ1n) is 9.44. The third kappa shape index (κ3) is 3.97. The Morgan fingerprint density at radius 1 is 1.23 bits per heavy atom. The van der Waals surface area contributed by atoms with Crippen LogP contribution in [-0.4, -0.2) is 25.2 Å². The molecule has 0 unspecified atom stereocenters. The second-order valence-electron chi connectivity index (χ2n) is 6.69. The van der Waals surface area contributed by atoms with Gasteiger partial charge in [0.25, 0.3) is 5.91 Å². The van der Waals surface area contributed by atoms with Gasteiger partial charge in [0.05, 0.1) is 35.2 Å². The molecule has 0 saturated heterocycles. The lowest BCUT2D eigenvalue weighted by atomic mass is 10.1. The maximum Gasteiger partial charge on any atom is 0.255 e. The van der Waals surface area contributed by atoms with Crippen LogP contribution in [0.5, 0.6) is 0 Å². The average Bonchev–Trinajstić information content (AvgIpc) is 3.42. The first-order valence-corrected chi connectivity index (χ1v) is 9.82. The van der Waals surface area contributed by atoms with Crippen LogP contribution in [0.15, 0.2) is 67.4 Å². The highest BCUT2D eigenvalue weighted by Crippen LogP contribution is 2.20. The molecule has 0 aliphatic rings. The highest BCUT2D eigenvalue weighted by molar-refractivity contribution is 6.30. The van der Waals surface area contributed by atoms with Crippen LogP contribution in [0.1, 0.15) is 28.5 Å². The number of aromatic nitrogens is 4. The number of hydrogen-bond acceptors (Lipinski definition) is 3. The summed E-state index contributed by atoms with van der Waals surface area (Å²) >= 11 is 6.08. The van der Waals surface area contributed by atoms with Gasteiger partial charge in [-0.25, -0.2) is 14.1 Å². The minimum Gasteiger partial charge on any atom is -0.348 e. The molecule has 4 rings (SSSR count). The molecule has 0 aliphatic carbocycles. The Kier molecular flexibility index (Phi) is 5.63. The van der Waals surface area contributed by atoms with E-state index < -0.39 is 0 Å². The molecule has 0 radical (unpaired) electrons. The lowest BCUT2D eigenvalue weighted by Crippen LogP contribution is -2.24. The molecule has 4 aromatic rings. The van der Waals surface area contributed by atoms with Crippen LogP contribution in [-0.2, 0) is 13.0 Å². The van der Waals surface area contributed by atoms with E-state index in [2.05, 4.69) is 15.4 Å². The summed E-state index contributed by atoms with van der Waals surface area (Å²) in [4.78, 5) is 16.7. The van der Waals surface area contributed by atoms with E-state index in [4.69, 9.17) is 11.6 Å². The molecular formula is C22H19ClFN5O. The Morgan fingerprint density at radius 3 is 2.80 bits per heavy atom. The van der Waals surface area contributed by atoms with Crippen LogP contribution in [0.3, 0.4) is 0 Å². The molecule has 1 amide bonds. The van der Waals surface area contributed by atoms with Gasteiger partial charge in [0, 0.05) is 24.0 Å². The highest BCUT2D eigenvalue weighted by Gasteiger charge is 2.17. The minimum atomic E-state index is -0.386. The summed E-state index contributed by atoms with van der Waals surface area (Å²) in [6.07, 6.45) is 6.94. The van der Waals surface area contributed by atoms with Crippen LogP contribution in [0.25, 0.3) is 11.4 Å². The zero-order valence-electron chi connectivity index (χ0n) is 16.2. The third-order valence-electron chi connectivity index (χ3n) is 4.75. The maximum absolute atomic E-state index is 14.4. The number of nitrogens with zero attached hydrogens (tertiary/aromatic N) is 4. The third-order valence-corrected chi connectivity index (χ3v) is 4.98. The number of nitrogens with one attached hydrogen (secondary N) is 1. The Labute approximate surface area is 177 Å². The molecule has 2 heterocycles.